The summed E-state index contributed by atoms with van der Waals surface area (Å²) in [6, 6.07) is 7.71. The molecule has 1 aliphatic rings. The minimum absolute atomic E-state index is 0.0464. The molecule has 2 aromatic rings. The minimum atomic E-state index is -1.35. The smallest absolute Gasteiger partial charge is 0.329 e. The number of hydrogen-bond acceptors (Lipinski definition) is 11. The number of non-ortho nitro benzene ring substituents is 2. The van der Waals surface area contributed by atoms with Gasteiger partial charge < -0.3 is 33.5 Å². The monoisotopic (exact) mass is 536 g/mol. The van der Waals surface area contributed by atoms with Gasteiger partial charge in [-0.3, -0.25) is 20.2 Å². The third kappa shape index (κ3) is 7.91. The van der Waals surface area contributed by atoms with Crippen molar-refractivity contribution in [2.24, 2.45) is 0 Å². The van der Waals surface area contributed by atoms with E-state index in [0.29, 0.717) is 6.42 Å². The van der Waals surface area contributed by atoms with Gasteiger partial charge in [0.05, 0.1) is 35.2 Å². The van der Waals surface area contributed by atoms with Crippen LogP contribution >= 0.6 is 0 Å². The van der Waals surface area contributed by atoms with Crippen molar-refractivity contribution < 1.29 is 48.2 Å². The topological polar surface area (TPSA) is 179 Å². The van der Waals surface area contributed by atoms with Crippen molar-refractivity contribution in [1.82, 2.24) is 0 Å². The normalized spacial score (nSPS) is 15.8. The molecule has 1 N–H and O–H groups in total. The Hall–Kier alpha value is -4.17. The van der Waals surface area contributed by atoms with Gasteiger partial charge in [-0.15, -0.1) is 0 Å². The summed E-state index contributed by atoms with van der Waals surface area (Å²) in [5, 5.41) is 31.9. The molecule has 1 aliphatic heterocycles. The van der Waals surface area contributed by atoms with E-state index in [1.807, 2.05) is 6.92 Å². The number of carboxylic acid groups (broad SMARTS) is 1. The van der Waals surface area contributed by atoms with E-state index in [0.717, 1.165) is 0 Å². The Balaban J connectivity index is 2.00. The van der Waals surface area contributed by atoms with Crippen LogP contribution in [0.2, 0.25) is 0 Å². The van der Waals surface area contributed by atoms with Crippen LogP contribution in [0.4, 0.5) is 11.4 Å². The Labute approximate surface area is 217 Å². The summed E-state index contributed by atoms with van der Waals surface area (Å²) in [4.78, 5) is 32.9. The number of nitro benzene ring substituents is 2. The first-order valence-corrected chi connectivity index (χ1v) is 11.7. The molecule has 0 saturated heterocycles. The molecule has 206 valence electrons. The second-order valence-electron chi connectivity index (χ2n) is 8.28. The van der Waals surface area contributed by atoms with Gasteiger partial charge in [-0.25, -0.2) is 4.79 Å². The van der Waals surface area contributed by atoms with Gasteiger partial charge in [0.1, 0.15) is 38.6 Å². The summed E-state index contributed by atoms with van der Waals surface area (Å²) >= 11 is 0. The zero-order valence-corrected chi connectivity index (χ0v) is 20.7. The Bertz CT molecular complexity index is 1070. The van der Waals surface area contributed by atoms with Crippen LogP contribution in [0.5, 0.6) is 23.0 Å². The van der Waals surface area contributed by atoms with Gasteiger partial charge in [0, 0.05) is 12.1 Å². The number of carboxylic acids is 1. The first-order chi connectivity index (χ1) is 18.2. The van der Waals surface area contributed by atoms with Crippen LogP contribution in [0.3, 0.4) is 0 Å². The zero-order chi connectivity index (χ0) is 27.5. The number of carbonyl (C=O) groups is 1. The summed E-state index contributed by atoms with van der Waals surface area (Å²) < 4.78 is 34.5. The molecule has 14 heteroatoms. The number of nitro groups is 2. The van der Waals surface area contributed by atoms with Crippen molar-refractivity contribution in [3.05, 3.63) is 56.6 Å². The van der Waals surface area contributed by atoms with Crippen molar-refractivity contribution in [3.8, 4) is 23.0 Å². The van der Waals surface area contributed by atoms with E-state index >= 15 is 0 Å². The van der Waals surface area contributed by atoms with Gasteiger partial charge in [0.15, 0.2) is 23.0 Å². The Morgan fingerprint density at radius 1 is 0.868 bits per heavy atom. The molecule has 1 heterocycles. The van der Waals surface area contributed by atoms with E-state index in [1.54, 1.807) is 0 Å². The molecule has 14 nitrogen and oxygen atoms in total. The third-order valence-corrected chi connectivity index (χ3v) is 5.44. The average molecular weight is 536 g/mol. The highest BCUT2D eigenvalue weighted by atomic mass is 16.6. The zero-order valence-electron chi connectivity index (χ0n) is 20.7. The van der Waals surface area contributed by atoms with Gasteiger partial charge in [0.25, 0.3) is 11.4 Å². The predicted molar refractivity (Wildman–Crippen MR) is 130 cm³/mol. The van der Waals surface area contributed by atoms with Crippen molar-refractivity contribution in [2.45, 2.75) is 25.4 Å². The molecule has 38 heavy (non-hydrogen) atoms. The summed E-state index contributed by atoms with van der Waals surface area (Å²) in [5.74, 6) is -0.706. The molecular weight excluding hydrogens is 508 g/mol. The molecule has 0 fully saturated rings. The summed E-state index contributed by atoms with van der Waals surface area (Å²) in [5.41, 5.74) is -1.82. The highest BCUT2D eigenvalue weighted by Gasteiger charge is 2.35. The average Bonchev–Trinajstić information content (AvgIpc) is 2.89. The second-order valence-corrected chi connectivity index (χ2v) is 8.28. The molecule has 0 aliphatic carbocycles. The maximum absolute atomic E-state index is 11.3. The van der Waals surface area contributed by atoms with Crippen molar-refractivity contribution in [3.63, 3.8) is 0 Å². The van der Waals surface area contributed by atoms with Crippen LogP contribution in [-0.4, -0.2) is 72.8 Å². The Morgan fingerprint density at radius 2 is 1.37 bits per heavy atom. The van der Waals surface area contributed by atoms with E-state index in [-0.39, 0.29) is 80.4 Å². The molecule has 0 saturated carbocycles. The maximum Gasteiger partial charge on any atom is 0.329 e. The minimum Gasteiger partial charge on any atom is -0.487 e. The number of nitrogens with zero attached hydrogens (tertiary/aromatic N) is 2. The van der Waals surface area contributed by atoms with E-state index < -0.39 is 28.0 Å². The van der Waals surface area contributed by atoms with Crippen LogP contribution in [0.1, 0.15) is 19.8 Å². The van der Waals surface area contributed by atoms with Gasteiger partial charge in [-0.05, 0) is 18.6 Å². The SMILES string of the molecule is CCCC1(OCC(=O)O)COc2cc([N+](=O)[O-])ccc2OCCOCCOc2ccc([N+](=O)[O-])cc2OC1. The number of hydrogen-bond donors (Lipinski definition) is 1. The lowest BCUT2D eigenvalue weighted by atomic mass is 9.99. The lowest BCUT2D eigenvalue weighted by Gasteiger charge is -2.33. The molecule has 0 aromatic heterocycles. The quantitative estimate of drug-likeness (QED) is 0.403. The summed E-state index contributed by atoms with van der Waals surface area (Å²) in [6.07, 6.45) is 0.796. The third-order valence-electron chi connectivity index (χ3n) is 5.44. The molecule has 0 atom stereocenters. The molecule has 2 aromatic carbocycles. The maximum atomic E-state index is 11.3. The molecule has 0 bridgehead atoms. The number of rotatable bonds is 7. The highest BCUT2D eigenvalue weighted by molar-refractivity contribution is 5.68. The number of fused-ring (bicyclic) bond motifs is 2. The van der Waals surface area contributed by atoms with Gasteiger partial charge in [0.2, 0.25) is 0 Å². The van der Waals surface area contributed by atoms with E-state index in [1.165, 1.54) is 36.4 Å². The lowest BCUT2D eigenvalue weighted by molar-refractivity contribution is -0.385. The predicted octanol–water partition coefficient (Wildman–Crippen LogP) is 3.39. The first kappa shape index (κ1) is 28.4. The molecular formula is C24H28N2O12. The fraction of sp³-hybridized carbons (Fsp3) is 0.458. The summed E-state index contributed by atoms with van der Waals surface area (Å²) in [6.45, 7) is 1.18. The van der Waals surface area contributed by atoms with Crippen LogP contribution in [0, 0.1) is 20.2 Å². The molecule has 0 radical (unpaired) electrons. The van der Waals surface area contributed by atoms with E-state index in [9.17, 15) is 30.1 Å². The van der Waals surface area contributed by atoms with Gasteiger partial charge >= 0.3 is 5.97 Å². The first-order valence-electron chi connectivity index (χ1n) is 11.7. The molecule has 0 unspecified atom stereocenters. The largest absolute Gasteiger partial charge is 0.487 e. The van der Waals surface area contributed by atoms with Crippen molar-refractivity contribution in [2.75, 3.05) is 46.2 Å². The summed E-state index contributed by atoms with van der Waals surface area (Å²) in [7, 11) is 0. The van der Waals surface area contributed by atoms with E-state index in [4.69, 9.17) is 28.4 Å². The van der Waals surface area contributed by atoms with Gasteiger partial charge in [-0.1, -0.05) is 13.3 Å². The number of aliphatic carboxylic acids is 1. The highest BCUT2D eigenvalue weighted by Crippen LogP contribution is 2.35. The molecule has 0 spiro atoms. The molecule has 3 rings (SSSR count). The van der Waals surface area contributed by atoms with Crippen molar-refractivity contribution in [1.29, 1.82) is 0 Å². The number of benzene rings is 2. The van der Waals surface area contributed by atoms with Crippen LogP contribution in [-0.2, 0) is 14.3 Å². The fourth-order valence-corrected chi connectivity index (χ4v) is 3.64. The van der Waals surface area contributed by atoms with Crippen LogP contribution in [0.25, 0.3) is 0 Å². The number of ether oxygens (including phenoxy) is 6. The lowest BCUT2D eigenvalue weighted by Crippen LogP contribution is -2.46. The van der Waals surface area contributed by atoms with Gasteiger partial charge in [-0.2, -0.15) is 0 Å². The Kier molecular flexibility index (Phi) is 10.0. The Morgan fingerprint density at radius 3 is 1.79 bits per heavy atom. The second kappa shape index (κ2) is 13.4. The molecule has 0 amide bonds. The van der Waals surface area contributed by atoms with Crippen LogP contribution in [0.15, 0.2) is 36.4 Å². The van der Waals surface area contributed by atoms with Crippen LogP contribution < -0.4 is 18.9 Å². The fourth-order valence-electron chi connectivity index (χ4n) is 3.64. The standard InChI is InChI=1S/C24H28N2O12/c1-2-7-24(38-14-23(27)28)15-36-21-12-17(25(29)30)3-5-19(21)34-10-8-33-9-11-35-20-6-4-18(26(31)32)13-22(20)37-16-24/h3-6,12-13H,2,7-11,14-16H2,1H3,(H,27,28). The van der Waals surface area contributed by atoms with Crippen molar-refractivity contribution >= 4 is 17.3 Å². The van der Waals surface area contributed by atoms with E-state index in [2.05, 4.69) is 0 Å².